The highest BCUT2D eigenvalue weighted by Crippen LogP contribution is 2.38. The van der Waals surface area contributed by atoms with E-state index in [1.165, 1.54) is 4.90 Å². The molecule has 1 atom stereocenters. The zero-order valence-electron chi connectivity index (χ0n) is 15.6. The summed E-state index contributed by atoms with van der Waals surface area (Å²) in [5, 5.41) is 0. The molecule has 5 nitrogen and oxygen atoms in total. The van der Waals surface area contributed by atoms with E-state index in [2.05, 4.69) is 0 Å². The van der Waals surface area contributed by atoms with Gasteiger partial charge in [0, 0.05) is 19.0 Å². The number of nitrogens with zero attached hydrogens (tertiary/aromatic N) is 1. The van der Waals surface area contributed by atoms with Crippen LogP contribution in [0.2, 0.25) is 0 Å². The summed E-state index contributed by atoms with van der Waals surface area (Å²) in [7, 11) is -3.80. The fourth-order valence-electron chi connectivity index (χ4n) is 2.77. The van der Waals surface area contributed by atoms with E-state index in [-0.39, 0.29) is 18.2 Å². The molecular weight excluding hydrogens is 397 g/mol. The molecule has 0 aromatic rings. The molecule has 11 heteroatoms. The van der Waals surface area contributed by atoms with E-state index in [1.54, 1.807) is 20.8 Å². The van der Waals surface area contributed by atoms with Crippen LogP contribution in [0, 0.1) is 0 Å². The average molecular weight is 423 g/mol. The molecular formula is C16H26F5NO4S. The topological polar surface area (TPSA) is 63.7 Å². The summed E-state index contributed by atoms with van der Waals surface area (Å²) in [5.41, 5.74) is -0.694. The van der Waals surface area contributed by atoms with Crippen molar-refractivity contribution in [2.75, 3.05) is 18.1 Å². The molecule has 1 rings (SSSR count). The molecule has 0 unspecified atom stereocenters. The Morgan fingerprint density at radius 3 is 2.22 bits per heavy atom. The molecule has 0 N–H and O–H groups in total. The Bertz CT molecular complexity index is 613. The molecule has 0 saturated carbocycles. The minimum atomic E-state index is -5.69. The number of ether oxygens (including phenoxy) is 1. The summed E-state index contributed by atoms with van der Waals surface area (Å²) in [4.78, 5) is 13.6. The summed E-state index contributed by atoms with van der Waals surface area (Å²) >= 11 is 0. The maximum Gasteiger partial charge on any atom is 0.453 e. The van der Waals surface area contributed by atoms with Crippen LogP contribution in [0.5, 0.6) is 0 Å². The van der Waals surface area contributed by atoms with Crippen molar-refractivity contribution in [1.82, 2.24) is 4.90 Å². The highest BCUT2D eigenvalue weighted by molar-refractivity contribution is 7.91. The third-order valence-corrected chi connectivity index (χ3v) is 5.90. The number of carbonyl (C=O) groups is 1. The lowest BCUT2D eigenvalue weighted by atomic mass is 10.2. The van der Waals surface area contributed by atoms with Gasteiger partial charge in [-0.2, -0.15) is 22.0 Å². The number of amides is 1. The van der Waals surface area contributed by atoms with Gasteiger partial charge in [-0.15, -0.1) is 0 Å². The normalized spacial score (nSPS) is 19.4. The van der Waals surface area contributed by atoms with Crippen LogP contribution in [0.3, 0.4) is 0 Å². The van der Waals surface area contributed by atoms with Gasteiger partial charge in [-0.25, -0.2) is 13.2 Å². The van der Waals surface area contributed by atoms with Crippen molar-refractivity contribution >= 4 is 15.9 Å². The van der Waals surface area contributed by atoms with Crippen molar-refractivity contribution in [2.45, 2.75) is 76.6 Å². The van der Waals surface area contributed by atoms with E-state index in [0.29, 0.717) is 19.4 Å². The van der Waals surface area contributed by atoms with E-state index in [0.717, 1.165) is 0 Å². The molecule has 1 heterocycles. The molecule has 0 spiro atoms. The first-order valence-electron chi connectivity index (χ1n) is 8.69. The maximum absolute atomic E-state index is 12.8. The quantitative estimate of drug-likeness (QED) is 0.577. The summed E-state index contributed by atoms with van der Waals surface area (Å²) in [6.07, 6.45) is -7.22. The Hall–Kier alpha value is -1.13. The second kappa shape index (κ2) is 8.48. The predicted octanol–water partition coefficient (Wildman–Crippen LogP) is 4.17. The number of likely N-dealkylation sites (tertiary alicyclic amines) is 1. The molecule has 0 radical (unpaired) electrons. The second-order valence-corrected chi connectivity index (χ2v) is 10.0. The first-order valence-corrected chi connectivity index (χ1v) is 10.5. The first-order chi connectivity index (χ1) is 12.0. The average Bonchev–Trinajstić information content (AvgIpc) is 2.90. The van der Waals surface area contributed by atoms with Crippen LogP contribution in [0.25, 0.3) is 0 Å². The largest absolute Gasteiger partial charge is 0.453 e. The number of sulfone groups is 1. The fourth-order valence-corrected chi connectivity index (χ4v) is 4.19. The van der Waals surface area contributed by atoms with Crippen LogP contribution in [0.15, 0.2) is 0 Å². The van der Waals surface area contributed by atoms with Gasteiger partial charge in [0.2, 0.25) is 0 Å². The van der Waals surface area contributed by atoms with Crippen LogP contribution in [0.4, 0.5) is 26.7 Å². The Kier molecular flexibility index (Phi) is 7.51. The Morgan fingerprint density at radius 1 is 1.11 bits per heavy atom. The van der Waals surface area contributed by atoms with Crippen molar-refractivity contribution in [3.05, 3.63) is 0 Å². The number of rotatable bonds is 7. The Labute approximate surface area is 156 Å². The van der Waals surface area contributed by atoms with Gasteiger partial charge in [0.25, 0.3) is 0 Å². The highest BCUT2D eigenvalue weighted by atomic mass is 32.2. The molecule has 0 aromatic carbocycles. The summed E-state index contributed by atoms with van der Waals surface area (Å²) in [5.74, 6) is -6.03. The summed E-state index contributed by atoms with van der Waals surface area (Å²) < 4.78 is 91.1. The SMILES string of the molecule is CC(C)(C)OC(=O)N1CCC[C@@H]1CCS(=O)(=O)CCCC(F)(F)C(F)(F)F. The predicted molar refractivity (Wildman–Crippen MR) is 89.5 cm³/mol. The van der Waals surface area contributed by atoms with E-state index in [4.69, 9.17) is 4.74 Å². The third-order valence-electron chi connectivity index (χ3n) is 4.13. The third kappa shape index (κ3) is 7.79. The van der Waals surface area contributed by atoms with Crippen molar-refractivity contribution in [3.63, 3.8) is 0 Å². The van der Waals surface area contributed by atoms with Crippen molar-refractivity contribution in [1.29, 1.82) is 0 Å². The highest BCUT2D eigenvalue weighted by Gasteiger charge is 2.56. The van der Waals surface area contributed by atoms with Crippen LogP contribution in [0.1, 0.15) is 52.9 Å². The summed E-state index contributed by atoms with van der Waals surface area (Å²) in [6, 6.07) is -0.355. The smallest absolute Gasteiger partial charge is 0.444 e. The van der Waals surface area contributed by atoms with Gasteiger partial charge in [0.05, 0.1) is 11.5 Å². The van der Waals surface area contributed by atoms with Gasteiger partial charge < -0.3 is 9.64 Å². The van der Waals surface area contributed by atoms with Gasteiger partial charge in [-0.05, 0) is 46.5 Å². The van der Waals surface area contributed by atoms with Gasteiger partial charge >= 0.3 is 18.2 Å². The molecule has 160 valence electrons. The monoisotopic (exact) mass is 423 g/mol. The number of hydrogen-bond acceptors (Lipinski definition) is 4. The lowest BCUT2D eigenvalue weighted by Crippen LogP contribution is -2.40. The molecule has 1 fully saturated rings. The van der Waals surface area contributed by atoms with E-state index in [1.807, 2.05) is 0 Å². The lowest BCUT2D eigenvalue weighted by Gasteiger charge is -2.28. The molecule has 1 saturated heterocycles. The minimum Gasteiger partial charge on any atom is -0.444 e. The van der Waals surface area contributed by atoms with E-state index < -0.39 is 52.2 Å². The van der Waals surface area contributed by atoms with Gasteiger partial charge in [0.1, 0.15) is 15.4 Å². The van der Waals surface area contributed by atoms with Crippen molar-refractivity contribution in [3.8, 4) is 0 Å². The standard InChI is InChI=1S/C16H26F5NO4S/c1-14(2,3)26-13(23)22-9-4-6-12(22)7-11-27(24,25)10-5-8-15(17,18)16(19,20)21/h12H,4-11H2,1-3H3/t12-/m1/s1. The molecule has 1 aliphatic rings. The van der Waals surface area contributed by atoms with Gasteiger partial charge in [-0.1, -0.05) is 0 Å². The molecule has 0 aromatic heterocycles. The van der Waals surface area contributed by atoms with Crippen LogP contribution in [-0.2, 0) is 14.6 Å². The zero-order chi connectivity index (χ0) is 21.1. The van der Waals surface area contributed by atoms with Crippen molar-refractivity contribution in [2.24, 2.45) is 0 Å². The maximum atomic E-state index is 12.8. The molecule has 1 aliphatic heterocycles. The molecule has 1 amide bonds. The molecule has 0 aliphatic carbocycles. The van der Waals surface area contributed by atoms with Crippen LogP contribution in [-0.4, -0.2) is 61.2 Å². The number of carbonyl (C=O) groups excluding carboxylic acids is 1. The number of halogens is 5. The van der Waals surface area contributed by atoms with E-state index in [9.17, 15) is 35.2 Å². The van der Waals surface area contributed by atoms with Gasteiger partial charge in [0.15, 0.2) is 0 Å². The second-order valence-electron chi connectivity index (χ2n) is 7.72. The number of alkyl halides is 5. The summed E-state index contributed by atoms with van der Waals surface area (Å²) in [6.45, 7) is 5.54. The zero-order valence-corrected chi connectivity index (χ0v) is 16.4. The Balaban J connectivity index is 2.52. The van der Waals surface area contributed by atoms with Crippen molar-refractivity contribution < 1.29 is 39.9 Å². The molecule has 27 heavy (non-hydrogen) atoms. The molecule has 0 bridgehead atoms. The Morgan fingerprint density at radius 2 is 1.70 bits per heavy atom. The van der Waals surface area contributed by atoms with Crippen LogP contribution >= 0.6 is 0 Å². The lowest BCUT2D eigenvalue weighted by molar-refractivity contribution is -0.284. The first kappa shape index (κ1) is 23.9. The van der Waals surface area contributed by atoms with E-state index >= 15 is 0 Å². The number of hydrogen-bond donors (Lipinski definition) is 0. The van der Waals surface area contributed by atoms with Crippen LogP contribution < -0.4 is 0 Å². The minimum absolute atomic E-state index is 0.0945. The van der Waals surface area contributed by atoms with Gasteiger partial charge in [-0.3, -0.25) is 0 Å². The fraction of sp³-hybridized carbons (Fsp3) is 0.938.